The van der Waals surface area contributed by atoms with Crippen LogP contribution in [0, 0.1) is 0 Å². The topological polar surface area (TPSA) is 69.0 Å². The molecule has 1 aromatic heterocycles. The van der Waals surface area contributed by atoms with Crippen LogP contribution in [0.2, 0.25) is 0 Å². The summed E-state index contributed by atoms with van der Waals surface area (Å²) in [5, 5.41) is 0.520. The van der Waals surface area contributed by atoms with Crippen molar-refractivity contribution in [2.24, 2.45) is 0 Å². The SMILES string of the molecule is COc1cc(OC)c2cc(C(=O)C=CC=Cc3ccc(N(C)C)cc3)c(=O)oc2c1. The fourth-order valence-electron chi connectivity index (χ4n) is 2.90. The van der Waals surface area contributed by atoms with Gasteiger partial charge in [0.2, 0.25) is 0 Å². The van der Waals surface area contributed by atoms with Gasteiger partial charge in [0.1, 0.15) is 22.6 Å². The van der Waals surface area contributed by atoms with E-state index in [4.69, 9.17) is 13.9 Å². The van der Waals surface area contributed by atoms with E-state index in [0.717, 1.165) is 11.3 Å². The smallest absolute Gasteiger partial charge is 0.347 e. The molecule has 0 saturated carbocycles. The van der Waals surface area contributed by atoms with Crippen LogP contribution in [-0.4, -0.2) is 34.1 Å². The molecule has 6 nitrogen and oxygen atoms in total. The van der Waals surface area contributed by atoms with Gasteiger partial charge in [-0.2, -0.15) is 0 Å². The molecule has 1 heterocycles. The van der Waals surface area contributed by atoms with Gasteiger partial charge < -0.3 is 18.8 Å². The lowest BCUT2D eigenvalue weighted by molar-refractivity contribution is 0.104. The number of fused-ring (bicyclic) bond motifs is 1. The van der Waals surface area contributed by atoms with Crippen molar-refractivity contribution in [3.05, 3.63) is 82.2 Å². The second kappa shape index (κ2) is 9.13. The summed E-state index contributed by atoms with van der Waals surface area (Å²) in [6, 6.07) is 12.7. The zero-order valence-corrected chi connectivity index (χ0v) is 17.3. The molecule has 0 radical (unpaired) electrons. The standard InChI is InChI=1S/C24H23NO5/c1-25(2)17-11-9-16(10-12-17)7-5-6-8-21(26)19-15-20-22(29-4)13-18(28-3)14-23(20)30-24(19)27/h5-15H,1-4H3. The van der Waals surface area contributed by atoms with Crippen molar-refractivity contribution in [2.45, 2.75) is 0 Å². The van der Waals surface area contributed by atoms with Crippen LogP contribution < -0.4 is 20.0 Å². The first-order chi connectivity index (χ1) is 14.4. The van der Waals surface area contributed by atoms with Crippen LogP contribution in [0.4, 0.5) is 5.69 Å². The van der Waals surface area contributed by atoms with Crippen molar-refractivity contribution < 1.29 is 18.7 Å². The molecule has 0 fully saturated rings. The minimum absolute atomic E-state index is 0.0639. The highest BCUT2D eigenvalue weighted by molar-refractivity contribution is 6.06. The molecule has 0 atom stereocenters. The molecular formula is C24H23NO5. The molecule has 0 bridgehead atoms. The lowest BCUT2D eigenvalue weighted by Crippen LogP contribution is -2.12. The monoisotopic (exact) mass is 405 g/mol. The largest absolute Gasteiger partial charge is 0.496 e. The number of carbonyl (C=O) groups is 1. The zero-order valence-electron chi connectivity index (χ0n) is 17.3. The number of ketones is 1. The molecule has 6 heteroatoms. The molecule has 3 rings (SSSR count). The van der Waals surface area contributed by atoms with Crippen LogP contribution in [0.25, 0.3) is 17.0 Å². The van der Waals surface area contributed by atoms with E-state index in [1.54, 1.807) is 24.3 Å². The number of anilines is 1. The van der Waals surface area contributed by atoms with Gasteiger partial charge in [-0.15, -0.1) is 0 Å². The van der Waals surface area contributed by atoms with Crippen molar-refractivity contribution in [1.82, 2.24) is 0 Å². The average molecular weight is 405 g/mol. The van der Waals surface area contributed by atoms with Crippen LogP contribution in [0.5, 0.6) is 11.5 Å². The molecule has 0 spiro atoms. The molecule has 0 unspecified atom stereocenters. The summed E-state index contributed by atoms with van der Waals surface area (Å²) in [5.74, 6) is 0.494. The molecule has 154 valence electrons. The molecule has 30 heavy (non-hydrogen) atoms. The van der Waals surface area contributed by atoms with Crippen molar-refractivity contribution in [3.63, 3.8) is 0 Å². The molecular weight excluding hydrogens is 382 g/mol. The average Bonchev–Trinajstić information content (AvgIpc) is 2.75. The van der Waals surface area contributed by atoms with E-state index in [2.05, 4.69) is 0 Å². The number of benzene rings is 2. The number of hydrogen-bond acceptors (Lipinski definition) is 6. The Balaban J connectivity index is 1.82. The van der Waals surface area contributed by atoms with Crippen molar-refractivity contribution in [2.75, 3.05) is 33.2 Å². The maximum absolute atomic E-state index is 12.5. The lowest BCUT2D eigenvalue weighted by Gasteiger charge is -2.11. The Bertz CT molecular complexity index is 1170. The summed E-state index contributed by atoms with van der Waals surface area (Å²) in [7, 11) is 6.96. The van der Waals surface area contributed by atoms with Crippen LogP contribution in [0.15, 0.2) is 69.9 Å². The van der Waals surface area contributed by atoms with Crippen molar-refractivity contribution in [3.8, 4) is 11.5 Å². The Kier molecular flexibility index (Phi) is 6.37. The Labute approximate surface area is 174 Å². The fraction of sp³-hybridized carbons (Fsp3) is 0.167. The summed E-state index contributed by atoms with van der Waals surface area (Å²) in [4.78, 5) is 26.8. The molecule has 0 N–H and O–H groups in total. The van der Waals surface area contributed by atoms with Gasteiger partial charge in [0.25, 0.3) is 0 Å². The van der Waals surface area contributed by atoms with Crippen LogP contribution in [-0.2, 0) is 0 Å². The van der Waals surface area contributed by atoms with E-state index >= 15 is 0 Å². The predicted molar refractivity (Wildman–Crippen MR) is 119 cm³/mol. The van der Waals surface area contributed by atoms with Gasteiger partial charge in [-0.3, -0.25) is 4.79 Å². The number of rotatable bonds is 7. The van der Waals surface area contributed by atoms with E-state index < -0.39 is 11.4 Å². The van der Waals surface area contributed by atoms with Gasteiger partial charge in [0.05, 0.1) is 19.6 Å². The third kappa shape index (κ3) is 4.60. The number of ether oxygens (including phenoxy) is 2. The first-order valence-corrected chi connectivity index (χ1v) is 9.29. The van der Waals surface area contributed by atoms with Gasteiger partial charge >= 0.3 is 5.63 Å². The summed E-state index contributed by atoms with van der Waals surface area (Å²) in [6.07, 6.45) is 6.55. The second-order valence-electron chi connectivity index (χ2n) is 6.76. The van der Waals surface area contributed by atoms with Gasteiger partial charge in [0.15, 0.2) is 5.78 Å². The summed E-state index contributed by atoms with van der Waals surface area (Å²) >= 11 is 0. The quantitative estimate of drug-likeness (QED) is 0.252. The fourth-order valence-corrected chi connectivity index (χ4v) is 2.90. The van der Waals surface area contributed by atoms with Gasteiger partial charge in [-0.25, -0.2) is 4.79 Å². The third-order valence-corrected chi connectivity index (χ3v) is 4.57. The minimum Gasteiger partial charge on any atom is -0.496 e. The minimum atomic E-state index is -0.712. The first-order valence-electron chi connectivity index (χ1n) is 9.29. The molecule has 2 aromatic carbocycles. The molecule has 0 aliphatic carbocycles. The Morgan fingerprint density at radius 2 is 1.73 bits per heavy atom. The Hall–Kier alpha value is -3.80. The van der Waals surface area contributed by atoms with E-state index in [9.17, 15) is 9.59 Å². The van der Waals surface area contributed by atoms with Crippen LogP contribution >= 0.6 is 0 Å². The van der Waals surface area contributed by atoms with Gasteiger partial charge in [-0.1, -0.05) is 30.4 Å². The van der Waals surface area contributed by atoms with E-state index in [0.29, 0.717) is 16.9 Å². The highest BCUT2D eigenvalue weighted by Gasteiger charge is 2.15. The zero-order chi connectivity index (χ0) is 21.7. The van der Waals surface area contributed by atoms with E-state index in [1.165, 1.54) is 26.4 Å². The maximum Gasteiger partial charge on any atom is 0.347 e. The van der Waals surface area contributed by atoms with Crippen molar-refractivity contribution >= 4 is 28.5 Å². The summed E-state index contributed by atoms with van der Waals surface area (Å²) in [5.41, 5.74) is 1.62. The highest BCUT2D eigenvalue weighted by Crippen LogP contribution is 2.30. The van der Waals surface area contributed by atoms with E-state index in [1.807, 2.05) is 49.3 Å². The second-order valence-corrected chi connectivity index (χ2v) is 6.76. The number of hydrogen-bond donors (Lipinski definition) is 0. The predicted octanol–water partition coefficient (Wildman–Crippen LogP) is 4.33. The summed E-state index contributed by atoms with van der Waals surface area (Å²) in [6.45, 7) is 0. The molecule has 0 amide bonds. The molecule has 3 aromatic rings. The normalized spacial score (nSPS) is 11.3. The Morgan fingerprint density at radius 1 is 1.00 bits per heavy atom. The third-order valence-electron chi connectivity index (χ3n) is 4.57. The number of nitrogens with zero attached hydrogens (tertiary/aromatic N) is 1. The van der Waals surface area contributed by atoms with E-state index in [-0.39, 0.29) is 11.1 Å². The highest BCUT2D eigenvalue weighted by atomic mass is 16.5. The summed E-state index contributed by atoms with van der Waals surface area (Å²) < 4.78 is 15.8. The van der Waals surface area contributed by atoms with Crippen molar-refractivity contribution in [1.29, 1.82) is 0 Å². The van der Waals surface area contributed by atoms with Crippen LogP contribution in [0.1, 0.15) is 15.9 Å². The van der Waals surface area contributed by atoms with Gasteiger partial charge in [0, 0.05) is 31.9 Å². The Morgan fingerprint density at radius 3 is 2.37 bits per heavy atom. The number of carbonyl (C=O) groups excluding carboxylic acids is 1. The lowest BCUT2D eigenvalue weighted by atomic mass is 10.1. The molecule has 0 aliphatic rings. The number of allylic oxidation sites excluding steroid dienone is 3. The molecule has 0 saturated heterocycles. The molecule has 0 aliphatic heterocycles. The number of methoxy groups -OCH3 is 2. The maximum atomic E-state index is 12.5. The van der Waals surface area contributed by atoms with Gasteiger partial charge in [-0.05, 0) is 29.8 Å². The van der Waals surface area contributed by atoms with Crippen LogP contribution in [0.3, 0.4) is 0 Å². The first kappa shape index (κ1) is 20.9.